The number of benzene rings is 2. The van der Waals surface area contributed by atoms with Gasteiger partial charge >= 0.3 is 0 Å². The number of nitrogens with zero attached hydrogens (tertiary/aromatic N) is 2. The van der Waals surface area contributed by atoms with Crippen LogP contribution in [0.2, 0.25) is 5.02 Å². The summed E-state index contributed by atoms with van der Waals surface area (Å²) in [4.78, 5) is 12.1. The smallest absolute Gasteiger partial charge is 0.258 e. The van der Waals surface area contributed by atoms with Gasteiger partial charge in [0.15, 0.2) is 6.61 Å². The predicted octanol–water partition coefficient (Wildman–Crippen LogP) is 4.81. The van der Waals surface area contributed by atoms with Gasteiger partial charge in [0.25, 0.3) is 11.8 Å². The minimum Gasteiger partial charge on any atom is -0.484 e. The lowest BCUT2D eigenvalue weighted by molar-refractivity contribution is 0.102. The molecular formula is C20H14ClN3O4. The summed E-state index contributed by atoms with van der Waals surface area (Å²) in [5.74, 6) is 1.00. The molecule has 0 fully saturated rings. The van der Waals surface area contributed by atoms with E-state index in [1.807, 2.05) is 0 Å². The zero-order valence-corrected chi connectivity index (χ0v) is 15.2. The number of carbonyl (C=O) groups excluding carboxylic acids is 1. The lowest BCUT2D eigenvalue weighted by Gasteiger charge is -2.07. The molecule has 0 aliphatic rings. The van der Waals surface area contributed by atoms with Crippen LogP contribution in [0.1, 0.15) is 16.2 Å². The van der Waals surface area contributed by atoms with E-state index in [1.54, 1.807) is 54.6 Å². The second kappa shape index (κ2) is 7.98. The van der Waals surface area contributed by atoms with Gasteiger partial charge in [-0.25, -0.2) is 0 Å². The molecule has 0 saturated heterocycles. The van der Waals surface area contributed by atoms with Crippen molar-refractivity contribution < 1.29 is 18.4 Å². The van der Waals surface area contributed by atoms with Crippen LogP contribution in [-0.2, 0) is 6.61 Å². The summed E-state index contributed by atoms with van der Waals surface area (Å²) >= 11 is 5.88. The quantitative estimate of drug-likeness (QED) is 0.503. The van der Waals surface area contributed by atoms with Crippen LogP contribution in [0.5, 0.6) is 5.75 Å². The Morgan fingerprint density at radius 2 is 1.96 bits per heavy atom. The molecule has 0 aliphatic heterocycles. The highest BCUT2D eigenvalue weighted by atomic mass is 35.5. The summed E-state index contributed by atoms with van der Waals surface area (Å²) in [6, 6.07) is 15.7. The van der Waals surface area contributed by atoms with Crippen LogP contribution in [0, 0.1) is 0 Å². The predicted molar refractivity (Wildman–Crippen MR) is 102 cm³/mol. The van der Waals surface area contributed by atoms with Crippen molar-refractivity contribution in [3.05, 3.63) is 83.6 Å². The molecule has 4 rings (SSSR count). The molecule has 0 aliphatic carbocycles. The van der Waals surface area contributed by atoms with Crippen LogP contribution in [0.25, 0.3) is 11.5 Å². The van der Waals surface area contributed by atoms with Gasteiger partial charge in [-0.05, 0) is 42.5 Å². The second-order valence-corrected chi connectivity index (χ2v) is 6.23. The molecule has 1 amide bonds. The lowest BCUT2D eigenvalue weighted by atomic mass is 10.2. The third-order valence-electron chi connectivity index (χ3n) is 3.80. The Bertz CT molecular complexity index is 1080. The van der Waals surface area contributed by atoms with Crippen molar-refractivity contribution in [1.82, 2.24) is 10.2 Å². The van der Waals surface area contributed by atoms with E-state index in [-0.39, 0.29) is 12.5 Å². The number of halogens is 1. The molecule has 4 aromatic rings. The second-order valence-electron chi connectivity index (χ2n) is 5.79. The summed E-state index contributed by atoms with van der Waals surface area (Å²) in [5, 5.41) is 11.4. The maximum atomic E-state index is 12.1. The standard InChI is InChI=1S/C20H14ClN3O4/c21-15-6-4-13(5-7-15)20-24-23-18(28-20)12-27-17-3-1-2-16(10-17)22-19(25)14-8-9-26-11-14/h1-11H,12H2,(H,22,25). The number of ether oxygens (including phenoxy) is 1. The number of amides is 1. The molecular weight excluding hydrogens is 382 g/mol. The molecule has 0 saturated carbocycles. The Labute approximate surface area is 164 Å². The number of anilines is 1. The minimum absolute atomic E-state index is 0.0969. The molecule has 7 nitrogen and oxygen atoms in total. The van der Waals surface area contributed by atoms with Crippen LogP contribution in [0.15, 0.2) is 76.0 Å². The van der Waals surface area contributed by atoms with Crippen LogP contribution in [-0.4, -0.2) is 16.1 Å². The van der Waals surface area contributed by atoms with E-state index >= 15 is 0 Å². The molecule has 2 aromatic heterocycles. The molecule has 8 heteroatoms. The highest BCUT2D eigenvalue weighted by Gasteiger charge is 2.10. The Morgan fingerprint density at radius 1 is 1.11 bits per heavy atom. The summed E-state index contributed by atoms with van der Waals surface area (Å²) in [5.41, 5.74) is 1.80. The first-order chi connectivity index (χ1) is 13.7. The fraction of sp³-hybridized carbons (Fsp3) is 0.0500. The summed E-state index contributed by atoms with van der Waals surface area (Å²) in [6.07, 6.45) is 2.82. The van der Waals surface area contributed by atoms with E-state index in [0.717, 1.165) is 5.56 Å². The average Bonchev–Trinajstić information content (AvgIpc) is 3.40. The lowest BCUT2D eigenvalue weighted by Crippen LogP contribution is -2.10. The normalized spacial score (nSPS) is 10.6. The summed E-state index contributed by atoms with van der Waals surface area (Å²) in [6.45, 7) is 0.0969. The molecule has 2 heterocycles. The molecule has 0 bridgehead atoms. The van der Waals surface area contributed by atoms with Gasteiger partial charge in [-0.3, -0.25) is 4.79 Å². The molecule has 140 valence electrons. The Hall–Kier alpha value is -3.58. The van der Waals surface area contributed by atoms with Gasteiger partial charge < -0.3 is 18.9 Å². The van der Waals surface area contributed by atoms with Crippen LogP contribution in [0.4, 0.5) is 5.69 Å². The third kappa shape index (κ3) is 4.21. The Kier molecular flexibility index (Phi) is 5.07. The largest absolute Gasteiger partial charge is 0.484 e. The van der Waals surface area contributed by atoms with Gasteiger partial charge in [0, 0.05) is 22.3 Å². The maximum Gasteiger partial charge on any atom is 0.258 e. The molecule has 0 radical (unpaired) electrons. The summed E-state index contributed by atoms with van der Waals surface area (Å²) in [7, 11) is 0. The molecule has 0 unspecified atom stereocenters. The first-order valence-electron chi connectivity index (χ1n) is 8.32. The van der Waals surface area contributed by atoms with Crippen LogP contribution < -0.4 is 10.1 Å². The van der Waals surface area contributed by atoms with E-state index in [0.29, 0.717) is 33.8 Å². The van der Waals surface area contributed by atoms with Crippen molar-refractivity contribution >= 4 is 23.2 Å². The molecule has 2 aromatic carbocycles. The molecule has 0 atom stereocenters. The number of rotatable bonds is 6. The first kappa shape index (κ1) is 17.8. The number of nitrogens with one attached hydrogen (secondary N) is 1. The number of hydrogen-bond donors (Lipinski definition) is 1. The fourth-order valence-electron chi connectivity index (χ4n) is 2.43. The van der Waals surface area contributed by atoms with E-state index in [1.165, 1.54) is 12.5 Å². The molecule has 1 N–H and O–H groups in total. The van der Waals surface area contributed by atoms with E-state index in [9.17, 15) is 4.79 Å². The van der Waals surface area contributed by atoms with Crippen LogP contribution in [0.3, 0.4) is 0 Å². The van der Waals surface area contributed by atoms with Gasteiger partial charge in [0.1, 0.15) is 12.0 Å². The van der Waals surface area contributed by atoms with Crippen LogP contribution >= 0.6 is 11.6 Å². The zero-order valence-electron chi connectivity index (χ0n) is 14.5. The number of aromatic nitrogens is 2. The number of furan rings is 1. The fourth-order valence-corrected chi connectivity index (χ4v) is 2.55. The summed E-state index contributed by atoms with van der Waals surface area (Å²) < 4.78 is 16.2. The van der Waals surface area contributed by atoms with Gasteiger partial charge in [-0.15, -0.1) is 10.2 Å². The van der Waals surface area contributed by atoms with Crippen molar-refractivity contribution in [3.63, 3.8) is 0 Å². The highest BCUT2D eigenvalue weighted by molar-refractivity contribution is 6.30. The Balaban J connectivity index is 1.39. The van der Waals surface area contributed by atoms with Gasteiger partial charge in [0.2, 0.25) is 5.89 Å². The van der Waals surface area contributed by atoms with E-state index < -0.39 is 0 Å². The molecule has 0 spiro atoms. The SMILES string of the molecule is O=C(Nc1cccc(OCc2nnc(-c3ccc(Cl)cc3)o2)c1)c1ccoc1. The van der Waals surface area contributed by atoms with Crippen molar-refractivity contribution in [2.45, 2.75) is 6.61 Å². The number of hydrogen-bond acceptors (Lipinski definition) is 6. The maximum absolute atomic E-state index is 12.1. The zero-order chi connectivity index (χ0) is 19.3. The Morgan fingerprint density at radius 3 is 2.75 bits per heavy atom. The third-order valence-corrected chi connectivity index (χ3v) is 4.05. The van der Waals surface area contributed by atoms with E-state index in [2.05, 4.69) is 15.5 Å². The highest BCUT2D eigenvalue weighted by Crippen LogP contribution is 2.22. The van der Waals surface area contributed by atoms with Gasteiger partial charge in [-0.2, -0.15) is 0 Å². The monoisotopic (exact) mass is 395 g/mol. The molecule has 28 heavy (non-hydrogen) atoms. The first-order valence-corrected chi connectivity index (χ1v) is 8.70. The van der Waals surface area contributed by atoms with Crippen molar-refractivity contribution in [3.8, 4) is 17.2 Å². The minimum atomic E-state index is -0.268. The van der Waals surface area contributed by atoms with Gasteiger partial charge in [-0.1, -0.05) is 17.7 Å². The van der Waals surface area contributed by atoms with E-state index in [4.69, 9.17) is 25.2 Å². The number of carbonyl (C=O) groups is 1. The van der Waals surface area contributed by atoms with Gasteiger partial charge in [0.05, 0.1) is 11.8 Å². The van der Waals surface area contributed by atoms with Crippen molar-refractivity contribution in [1.29, 1.82) is 0 Å². The van der Waals surface area contributed by atoms with Crippen molar-refractivity contribution in [2.24, 2.45) is 0 Å². The topological polar surface area (TPSA) is 90.4 Å². The average molecular weight is 396 g/mol. The van der Waals surface area contributed by atoms with Crippen molar-refractivity contribution in [2.75, 3.05) is 5.32 Å².